The molecule has 0 aliphatic rings. The molecule has 0 heterocycles. The predicted octanol–water partition coefficient (Wildman–Crippen LogP) is 5.96. The molecular weight excluding hydrogens is 330 g/mol. The summed E-state index contributed by atoms with van der Waals surface area (Å²) in [4.78, 5) is 0. The van der Waals surface area contributed by atoms with Crippen LogP contribution in [0.1, 0.15) is 31.9 Å². The van der Waals surface area contributed by atoms with Crippen molar-refractivity contribution in [2.24, 2.45) is 0 Å². The molecule has 130 valence electrons. The molecule has 0 saturated carbocycles. The van der Waals surface area contributed by atoms with Crippen LogP contribution in [0.5, 0.6) is 5.75 Å². The van der Waals surface area contributed by atoms with Crippen molar-refractivity contribution < 1.29 is 4.74 Å². The first-order valence-electron chi connectivity index (χ1n) is 8.56. The van der Waals surface area contributed by atoms with E-state index in [1.165, 1.54) is 16.3 Å². The number of halogens is 1. The van der Waals surface area contributed by atoms with Crippen molar-refractivity contribution in [2.75, 3.05) is 0 Å². The van der Waals surface area contributed by atoms with Gasteiger partial charge in [-0.1, -0.05) is 60.1 Å². The molecule has 25 heavy (non-hydrogen) atoms. The zero-order valence-corrected chi connectivity index (χ0v) is 15.7. The molecule has 0 bridgehead atoms. The van der Waals surface area contributed by atoms with Crippen LogP contribution < -0.4 is 10.1 Å². The molecule has 3 aromatic carbocycles. The van der Waals surface area contributed by atoms with Crippen molar-refractivity contribution >= 4 is 22.4 Å². The minimum atomic E-state index is 0.0386. The molecule has 0 fully saturated rings. The normalized spacial score (nSPS) is 11.7. The Kier molecular flexibility index (Phi) is 5.31. The number of benzene rings is 3. The molecule has 3 heteroatoms. The Hall–Kier alpha value is -2.03. The van der Waals surface area contributed by atoms with Crippen LogP contribution in [0.15, 0.2) is 60.7 Å². The molecule has 0 atom stereocenters. The van der Waals surface area contributed by atoms with Gasteiger partial charge in [-0.15, -0.1) is 0 Å². The smallest absolute Gasteiger partial charge is 0.124 e. The number of fused-ring (bicyclic) bond motifs is 1. The Morgan fingerprint density at radius 1 is 0.920 bits per heavy atom. The largest absolute Gasteiger partial charge is 0.488 e. The zero-order valence-electron chi connectivity index (χ0n) is 15.0. The Morgan fingerprint density at radius 2 is 1.64 bits per heavy atom. The second-order valence-corrected chi connectivity index (χ2v) is 7.65. The molecule has 0 aromatic heterocycles. The van der Waals surface area contributed by atoms with E-state index in [9.17, 15) is 0 Å². The van der Waals surface area contributed by atoms with E-state index in [1.54, 1.807) is 0 Å². The lowest BCUT2D eigenvalue weighted by molar-refractivity contribution is 0.301. The number of hydrogen-bond acceptors (Lipinski definition) is 2. The van der Waals surface area contributed by atoms with E-state index in [-0.39, 0.29) is 5.54 Å². The molecule has 0 unspecified atom stereocenters. The maximum atomic E-state index is 6.25. The van der Waals surface area contributed by atoms with E-state index in [0.29, 0.717) is 6.61 Å². The highest BCUT2D eigenvalue weighted by molar-refractivity contribution is 6.31. The SMILES string of the molecule is CC(C)(C)NCc1c(OCc2ccccc2Cl)ccc2ccccc12. The molecule has 2 nitrogen and oxygen atoms in total. The Bertz CT molecular complexity index is 867. The van der Waals surface area contributed by atoms with Gasteiger partial charge in [-0.2, -0.15) is 0 Å². The highest BCUT2D eigenvalue weighted by Crippen LogP contribution is 2.30. The third kappa shape index (κ3) is 4.53. The average molecular weight is 354 g/mol. The van der Waals surface area contributed by atoms with E-state index >= 15 is 0 Å². The molecule has 0 aliphatic carbocycles. The minimum Gasteiger partial charge on any atom is -0.488 e. The van der Waals surface area contributed by atoms with Gasteiger partial charge >= 0.3 is 0 Å². The fraction of sp³-hybridized carbons (Fsp3) is 0.273. The van der Waals surface area contributed by atoms with Crippen molar-refractivity contribution in [1.82, 2.24) is 5.32 Å². The van der Waals surface area contributed by atoms with Crippen LogP contribution in [-0.2, 0) is 13.2 Å². The maximum Gasteiger partial charge on any atom is 0.124 e. The van der Waals surface area contributed by atoms with E-state index < -0.39 is 0 Å². The summed E-state index contributed by atoms with van der Waals surface area (Å²) in [5, 5.41) is 6.75. The molecule has 3 aromatic rings. The van der Waals surface area contributed by atoms with Crippen LogP contribution in [0, 0.1) is 0 Å². The summed E-state index contributed by atoms with van der Waals surface area (Å²) >= 11 is 6.25. The van der Waals surface area contributed by atoms with Crippen molar-refractivity contribution in [2.45, 2.75) is 39.5 Å². The number of ether oxygens (including phenoxy) is 1. The van der Waals surface area contributed by atoms with Crippen molar-refractivity contribution in [3.05, 3.63) is 76.8 Å². The van der Waals surface area contributed by atoms with Crippen LogP contribution in [0.3, 0.4) is 0 Å². The van der Waals surface area contributed by atoms with Crippen LogP contribution in [-0.4, -0.2) is 5.54 Å². The lowest BCUT2D eigenvalue weighted by Crippen LogP contribution is -2.35. The predicted molar refractivity (Wildman–Crippen MR) is 106 cm³/mol. The fourth-order valence-corrected chi connectivity index (χ4v) is 2.95. The van der Waals surface area contributed by atoms with Crippen molar-refractivity contribution in [3.8, 4) is 5.75 Å². The van der Waals surface area contributed by atoms with Gasteiger partial charge in [-0.05, 0) is 43.7 Å². The maximum absolute atomic E-state index is 6.25. The second kappa shape index (κ2) is 7.47. The van der Waals surface area contributed by atoms with Crippen LogP contribution >= 0.6 is 11.6 Å². The topological polar surface area (TPSA) is 21.3 Å². The highest BCUT2D eigenvalue weighted by atomic mass is 35.5. The lowest BCUT2D eigenvalue weighted by Gasteiger charge is -2.23. The molecule has 1 N–H and O–H groups in total. The van der Waals surface area contributed by atoms with Gasteiger partial charge in [0, 0.05) is 28.2 Å². The van der Waals surface area contributed by atoms with Gasteiger partial charge in [0.05, 0.1) is 0 Å². The van der Waals surface area contributed by atoms with Gasteiger partial charge in [0.1, 0.15) is 12.4 Å². The van der Waals surface area contributed by atoms with Crippen molar-refractivity contribution in [1.29, 1.82) is 0 Å². The molecule has 0 spiro atoms. The number of nitrogens with one attached hydrogen (secondary N) is 1. The van der Waals surface area contributed by atoms with Crippen LogP contribution in [0.25, 0.3) is 10.8 Å². The lowest BCUT2D eigenvalue weighted by atomic mass is 10.0. The Morgan fingerprint density at radius 3 is 2.40 bits per heavy atom. The van der Waals surface area contributed by atoms with E-state index in [2.05, 4.69) is 62.5 Å². The summed E-state index contributed by atoms with van der Waals surface area (Å²) in [6.45, 7) is 7.72. The molecular formula is C22H24ClNO. The van der Waals surface area contributed by atoms with E-state index in [1.807, 2.05) is 24.3 Å². The van der Waals surface area contributed by atoms with Gasteiger partial charge in [-0.25, -0.2) is 0 Å². The molecule has 0 aliphatic heterocycles. The average Bonchev–Trinajstić information content (AvgIpc) is 2.58. The third-order valence-corrected chi connectivity index (χ3v) is 4.50. The van der Waals surface area contributed by atoms with Gasteiger partial charge in [0.2, 0.25) is 0 Å². The quantitative estimate of drug-likeness (QED) is 0.611. The number of rotatable bonds is 5. The minimum absolute atomic E-state index is 0.0386. The van der Waals surface area contributed by atoms with Gasteiger partial charge in [-0.3, -0.25) is 0 Å². The molecule has 3 rings (SSSR count). The summed E-state index contributed by atoms with van der Waals surface area (Å²) in [6.07, 6.45) is 0. The van der Waals surface area contributed by atoms with Gasteiger partial charge in [0.15, 0.2) is 0 Å². The molecule has 0 saturated heterocycles. The Labute approximate surface area is 154 Å². The third-order valence-electron chi connectivity index (χ3n) is 4.13. The first-order valence-corrected chi connectivity index (χ1v) is 8.94. The first-order chi connectivity index (χ1) is 11.9. The van der Waals surface area contributed by atoms with Gasteiger partial charge < -0.3 is 10.1 Å². The second-order valence-electron chi connectivity index (χ2n) is 7.25. The molecule has 0 radical (unpaired) electrons. The van der Waals surface area contributed by atoms with Gasteiger partial charge in [0.25, 0.3) is 0 Å². The Balaban J connectivity index is 1.92. The van der Waals surface area contributed by atoms with Crippen LogP contribution in [0.4, 0.5) is 0 Å². The van der Waals surface area contributed by atoms with Crippen LogP contribution in [0.2, 0.25) is 5.02 Å². The summed E-state index contributed by atoms with van der Waals surface area (Å²) < 4.78 is 6.15. The highest BCUT2D eigenvalue weighted by Gasteiger charge is 2.14. The fourth-order valence-electron chi connectivity index (χ4n) is 2.76. The summed E-state index contributed by atoms with van der Waals surface area (Å²) in [7, 11) is 0. The summed E-state index contributed by atoms with van der Waals surface area (Å²) in [5.74, 6) is 0.898. The zero-order chi connectivity index (χ0) is 17.9. The molecule has 0 amide bonds. The standard InChI is InChI=1S/C22H24ClNO/c1-22(2,3)24-14-19-18-10-6-4-8-16(18)12-13-21(19)25-15-17-9-5-7-11-20(17)23/h4-13,24H,14-15H2,1-3H3. The van der Waals surface area contributed by atoms with Crippen molar-refractivity contribution in [3.63, 3.8) is 0 Å². The summed E-state index contributed by atoms with van der Waals surface area (Å²) in [6, 6.07) is 20.4. The number of hydrogen-bond donors (Lipinski definition) is 1. The summed E-state index contributed by atoms with van der Waals surface area (Å²) in [5.41, 5.74) is 2.21. The monoisotopic (exact) mass is 353 g/mol. The first kappa shape index (κ1) is 17.8. The van der Waals surface area contributed by atoms with E-state index in [4.69, 9.17) is 16.3 Å². The van der Waals surface area contributed by atoms with E-state index in [0.717, 1.165) is 22.9 Å².